The molecule has 0 spiro atoms. The van der Waals surface area contributed by atoms with Gasteiger partial charge < -0.3 is 5.32 Å². The standard InChI is InChI=1S/C18H21N3O2S/c1-2-6-14-9-17(23)21-15(12-24-18(21)20-14)10-16(22)19-11-13-7-4-3-5-8-13/h3-5,7-9,15H,2,6,10-12H2,1H3,(H,19,22). The van der Waals surface area contributed by atoms with E-state index < -0.39 is 0 Å². The third kappa shape index (κ3) is 3.87. The van der Waals surface area contributed by atoms with Gasteiger partial charge >= 0.3 is 0 Å². The molecule has 1 aromatic carbocycles. The monoisotopic (exact) mass is 343 g/mol. The molecule has 126 valence electrons. The van der Waals surface area contributed by atoms with Crippen LogP contribution in [0.5, 0.6) is 0 Å². The second kappa shape index (κ2) is 7.66. The van der Waals surface area contributed by atoms with E-state index in [1.807, 2.05) is 30.3 Å². The van der Waals surface area contributed by atoms with Crippen LogP contribution in [-0.4, -0.2) is 21.2 Å². The fourth-order valence-electron chi connectivity index (χ4n) is 2.82. The summed E-state index contributed by atoms with van der Waals surface area (Å²) in [6.45, 7) is 2.58. The highest BCUT2D eigenvalue weighted by atomic mass is 32.2. The Hall–Kier alpha value is -2.08. The van der Waals surface area contributed by atoms with Gasteiger partial charge in [-0.25, -0.2) is 4.98 Å². The van der Waals surface area contributed by atoms with Crippen LogP contribution in [0.1, 0.15) is 37.1 Å². The Bertz CT molecular complexity index is 774. The first-order valence-corrected chi connectivity index (χ1v) is 9.22. The van der Waals surface area contributed by atoms with Crippen molar-refractivity contribution in [3.8, 4) is 0 Å². The number of benzene rings is 1. The SMILES string of the molecule is CCCc1cc(=O)n2c(n1)SCC2CC(=O)NCc1ccccc1. The lowest BCUT2D eigenvalue weighted by Gasteiger charge is -2.13. The third-order valence-electron chi connectivity index (χ3n) is 4.00. The molecule has 3 rings (SSSR count). The quantitative estimate of drug-likeness (QED) is 0.819. The van der Waals surface area contributed by atoms with Gasteiger partial charge in [0, 0.05) is 30.5 Å². The Labute approximate surface area is 145 Å². The molecule has 0 saturated heterocycles. The Morgan fingerprint density at radius 1 is 1.38 bits per heavy atom. The number of carbonyl (C=O) groups excluding carboxylic acids is 1. The van der Waals surface area contributed by atoms with Crippen LogP contribution in [0, 0.1) is 0 Å². The number of aromatic nitrogens is 2. The molecule has 1 amide bonds. The molecule has 2 aromatic rings. The highest BCUT2D eigenvalue weighted by Crippen LogP contribution is 2.32. The van der Waals surface area contributed by atoms with Crippen molar-refractivity contribution >= 4 is 17.7 Å². The summed E-state index contributed by atoms with van der Waals surface area (Å²) in [5.41, 5.74) is 1.86. The van der Waals surface area contributed by atoms with Gasteiger partial charge in [-0.05, 0) is 12.0 Å². The predicted molar refractivity (Wildman–Crippen MR) is 95.2 cm³/mol. The molecule has 1 aliphatic rings. The smallest absolute Gasteiger partial charge is 0.254 e. The molecular weight excluding hydrogens is 322 g/mol. The highest BCUT2D eigenvalue weighted by Gasteiger charge is 2.27. The molecule has 1 unspecified atom stereocenters. The molecule has 24 heavy (non-hydrogen) atoms. The van der Waals surface area contributed by atoms with E-state index in [1.54, 1.807) is 22.4 Å². The number of carbonyl (C=O) groups is 1. The van der Waals surface area contributed by atoms with E-state index in [9.17, 15) is 9.59 Å². The average molecular weight is 343 g/mol. The summed E-state index contributed by atoms with van der Waals surface area (Å²) >= 11 is 1.56. The Kier molecular flexibility index (Phi) is 5.35. The van der Waals surface area contributed by atoms with Crippen LogP contribution in [-0.2, 0) is 17.8 Å². The molecule has 5 nitrogen and oxygen atoms in total. The van der Waals surface area contributed by atoms with Gasteiger partial charge in [-0.1, -0.05) is 55.4 Å². The topological polar surface area (TPSA) is 64.0 Å². The van der Waals surface area contributed by atoms with E-state index >= 15 is 0 Å². The first kappa shape index (κ1) is 16.8. The number of amides is 1. The van der Waals surface area contributed by atoms with Crippen molar-refractivity contribution in [1.29, 1.82) is 0 Å². The zero-order chi connectivity index (χ0) is 16.9. The summed E-state index contributed by atoms with van der Waals surface area (Å²) in [7, 11) is 0. The number of nitrogens with one attached hydrogen (secondary N) is 1. The maximum absolute atomic E-state index is 12.4. The minimum Gasteiger partial charge on any atom is -0.352 e. The normalized spacial score (nSPS) is 16.0. The first-order chi connectivity index (χ1) is 11.7. The molecule has 1 atom stereocenters. The number of rotatable bonds is 6. The largest absolute Gasteiger partial charge is 0.352 e. The highest BCUT2D eigenvalue weighted by molar-refractivity contribution is 7.99. The fraction of sp³-hybridized carbons (Fsp3) is 0.389. The fourth-order valence-corrected chi connectivity index (χ4v) is 3.98. The number of nitrogens with zero attached hydrogens (tertiary/aromatic N) is 2. The zero-order valence-electron chi connectivity index (χ0n) is 13.7. The Balaban J connectivity index is 1.64. The lowest BCUT2D eigenvalue weighted by atomic mass is 10.2. The van der Waals surface area contributed by atoms with Crippen LogP contribution in [0.3, 0.4) is 0 Å². The van der Waals surface area contributed by atoms with E-state index in [0.29, 0.717) is 13.0 Å². The number of hydrogen-bond acceptors (Lipinski definition) is 4. The molecule has 1 N–H and O–H groups in total. The maximum atomic E-state index is 12.4. The van der Waals surface area contributed by atoms with Crippen LogP contribution in [0.25, 0.3) is 0 Å². The van der Waals surface area contributed by atoms with Crippen LogP contribution < -0.4 is 10.9 Å². The van der Waals surface area contributed by atoms with Gasteiger partial charge in [0.1, 0.15) is 0 Å². The summed E-state index contributed by atoms with van der Waals surface area (Å²) in [6.07, 6.45) is 2.08. The average Bonchev–Trinajstić information content (AvgIpc) is 2.97. The molecule has 6 heteroatoms. The van der Waals surface area contributed by atoms with Crippen LogP contribution in [0.4, 0.5) is 0 Å². The molecule has 1 aromatic heterocycles. The van der Waals surface area contributed by atoms with Crippen LogP contribution >= 0.6 is 11.8 Å². The van der Waals surface area contributed by atoms with Crippen molar-refractivity contribution in [2.75, 3.05) is 5.75 Å². The van der Waals surface area contributed by atoms with Crippen molar-refractivity contribution < 1.29 is 4.79 Å². The molecular formula is C18H21N3O2S. The number of aryl methyl sites for hydroxylation is 1. The van der Waals surface area contributed by atoms with Gasteiger partial charge in [-0.15, -0.1) is 0 Å². The number of fused-ring (bicyclic) bond motifs is 1. The lowest BCUT2D eigenvalue weighted by molar-refractivity contribution is -0.121. The van der Waals surface area contributed by atoms with Gasteiger partial charge in [0.2, 0.25) is 5.91 Å². The van der Waals surface area contributed by atoms with E-state index in [0.717, 1.165) is 35.0 Å². The summed E-state index contributed by atoms with van der Waals surface area (Å²) in [6, 6.07) is 11.3. The Morgan fingerprint density at radius 2 is 2.17 bits per heavy atom. The second-order valence-electron chi connectivity index (χ2n) is 5.92. The van der Waals surface area contributed by atoms with Crippen LogP contribution in [0.15, 0.2) is 46.3 Å². The predicted octanol–water partition coefficient (Wildman–Crippen LogP) is 2.55. The number of hydrogen-bond donors (Lipinski definition) is 1. The summed E-state index contributed by atoms with van der Waals surface area (Å²) in [4.78, 5) is 29.1. The summed E-state index contributed by atoms with van der Waals surface area (Å²) in [5.74, 6) is 0.679. The van der Waals surface area contributed by atoms with Crippen molar-refractivity contribution in [2.45, 2.75) is 43.9 Å². The van der Waals surface area contributed by atoms with Gasteiger partial charge in [0.25, 0.3) is 5.56 Å². The molecule has 0 aliphatic carbocycles. The zero-order valence-corrected chi connectivity index (χ0v) is 14.5. The minimum atomic E-state index is -0.114. The summed E-state index contributed by atoms with van der Waals surface area (Å²) < 4.78 is 1.67. The molecule has 0 bridgehead atoms. The van der Waals surface area contributed by atoms with E-state index in [4.69, 9.17) is 0 Å². The number of thioether (sulfide) groups is 1. The maximum Gasteiger partial charge on any atom is 0.254 e. The molecule has 2 heterocycles. The summed E-state index contributed by atoms with van der Waals surface area (Å²) in [5, 5.41) is 3.67. The van der Waals surface area contributed by atoms with Crippen molar-refractivity contribution in [3.05, 3.63) is 58.0 Å². The molecule has 0 radical (unpaired) electrons. The molecule has 0 fully saturated rings. The lowest BCUT2D eigenvalue weighted by Crippen LogP contribution is -2.30. The second-order valence-corrected chi connectivity index (χ2v) is 6.91. The van der Waals surface area contributed by atoms with Gasteiger partial charge in [0.15, 0.2) is 5.16 Å². The van der Waals surface area contributed by atoms with Crippen molar-refractivity contribution in [2.24, 2.45) is 0 Å². The van der Waals surface area contributed by atoms with E-state index in [1.165, 1.54) is 0 Å². The van der Waals surface area contributed by atoms with Gasteiger partial charge in [-0.2, -0.15) is 0 Å². The minimum absolute atomic E-state index is 0.0400. The van der Waals surface area contributed by atoms with Gasteiger partial charge in [0.05, 0.1) is 6.04 Å². The van der Waals surface area contributed by atoms with Crippen molar-refractivity contribution in [3.63, 3.8) is 0 Å². The Morgan fingerprint density at radius 3 is 2.92 bits per heavy atom. The van der Waals surface area contributed by atoms with E-state index in [-0.39, 0.29) is 17.5 Å². The first-order valence-electron chi connectivity index (χ1n) is 8.23. The van der Waals surface area contributed by atoms with Crippen LogP contribution in [0.2, 0.25) is 0 Å². The molecule has 1 aliphatic heterocycles. The molecule has 0 saturated carbocycles. The van der Waals surface area contributed by atoms with E-state index in [2.05, 4.69) is 17.2 Å². The van der Waals surface area contributed by atoms with Gasteiger partial charge in [-0.3, -0.25) is 14.2 Å². The third-order valence-corrected chi connectivity index (χ3v) is 5.10. The van der Waals surface area contributed by atoms with Crippen molar-refractivity contribution in [1.82, 2.24) is 14.9 Å².